The number of hydrogen-bond acceptors (Lipinski definition) is 4. The summed E-state index contributed by atoms with van der Waals surface area (Å²) >= 11 is 4.84. The minimum atomic E-state index is -0.0974. The van der Waals surface area contributed by atoms with Crippen molar-refractivity contribution in [3.05, 3.63) is 70.7 Å². The summed E-state index contributed by atoms with van der Waals surface area (Å²) in [5.74, 6) is 0.913. The van der Waals surface area contributed by atoms with Gasteiger partial charge in [0.15, 0.2) is 11.0 Å². The maximum Gasteiger partial charge on any atom is 0.234 e. The van der Waals surface area contributed by atoms with E-state index in [2.05, 4.69) is 44.1 Å². The average Bonchev–Trinajstić information content (AvgIpc) is 3.05. The van der Waals surface area contributed by atoms with Crippen LogP contribution in [0.25, 0.3) is 11.4 Å². The Labute approximate surface area is 177 Å². The van der Waals surface area contributed by atoms with E-state index < -0.39 is 0 Å². The number of carbonyl (C=O) groups is 1. The van der Waals surface area contributed by atoms with Gasteiger partial charge in [-0.1, -0.05) is 47.7 Å². The number of hydrogen-bond donors (Lipinski definition) is 1. The number of aromatic nitrogens is 3. The molecule has 7 heteroatoms. The molecule has 2 aromatic carbocycles. The van der Waals surface area contributed by atoms with Crippen LogP contribution in [0.1, 0.15) is 11.1 Å². The van der Waals surface area contributed by atoms with Gasteiger partial charge >= 0.3 is 0 Å². The number of benzene rings is 2. The van der Waals surface area contributed by atoms with Crippen molar-refractivity contribution >= 4 is 39.3 Å². The van der Waals surface area contributed by atoms with Crippen LogP contribution in [0.3, 0.4) is 0 Å². The van der Waals surface area contributed by atoms with Crippen molar-refractivity contribution in [2.24, 2.45) is 0 Å². The Morgan fingerprint density at radius 3 is 2.71 bits per heavy atom. The monoisotopic (exact) mass is 456 g/mol. The molecule has 3 rings (SSSR count). The highest BCUT2D eigenvalue weighted by molar-refractivity contribution is 9.10. The molecule has 0 radical (unpaired) electrons. The van der Waals surface area contributed by atoms with E-state index in [0.29, 0.717) is 11.7 Å². The summed E-state index contributed by atoms with van der Waals surface area (Å²) in [6.07, 6.45) is 1.80. The van der Waals surface area contributed by atoms with E-state index in [1.54, 1.807) is 6.08 Å². The highest BCUT2D eigenvalue weighted by Gasteiger charge is 2.15. The molecular weight excluding hydrogens is 436 g/mol. The third-order valence-electron chi connectivity index (χ3n) is 4.04. The van der Waals surface area contributed by atoms with Gasteiger partial charge in [0.25, 0.3) is 0 Å². The Bertz CT molecular complexity index is 1020. The Hall–Kier alpha value is -2.38. The number of halogens is 1. The highest BCUT2D eigenvalue weighted by atomic mass is 79.9. The van der Waals surface area contributed by atoms with Crippen molar-refractivity contribution in [2.45, 2.75) is 25.5 Å². The molecule has 0 saturated heterocycles. The molecule has 144 valence electrons. The molecule has 0 spiro atoms. The molecule has 0 aliphatic heterocycles. The molecule has 1 aromatic heterocycles. The second kappa shape index (κ2) is 9.21. The first-order chi connectivity index (χ1) is 13.5. The Morgan fingerprint density at radius 1 is 1.21 bits per heavy atom. The second-order valence-corrected chi connectivity index (χ2v) is 8.19. The minimum absolute atomic E-state index is 0.0974. The molecule has 0 atom stereocenters. The highest BCUT2D eigenvalue weighted by Crippen LogP contribution is 2.26. The molecule has 1 heterocycles. The molecule has 0 bridgehead atoms. The summed E-state index contributed by atoms with van der Waals surface area (Å²) in [6.45, 7) is 8.45. The van der Waals surface area contributed by atoms with Crippen LogP contribution in [0.15, 0.2) is 64.7 Å². The normalized spacial score (nSPS) is 10.7. The van der Waals surface area contributed by atoms with Crippen molar-refractivity contribution < 1.29 is 4.79 Å². The van der Waals surface area contributed by atoms with Gasteiger partial charge in [-0.25, -0.2) is 0 Å². The summed E-state index contributed by atoms with van der Waals surface area (Å²) < 4.78 is 2.84. The molecule has 0 aliphatic rings. The lowest BCUT2D eigenvalue weighted by Gasteiger charge is -2.09. The Balaban J connectivity index is 1.73. The van der Waals surface area contributed by atoms with Crippen LogP contribution >= 0.6 is 27.7 Å². The standard InChI is InChI=1S/C21H21BrN4OS/c1-4-10-26-20(16-7-5-6-14(2)11-16)24-25-21(26)28-13-19(27)23-18-9-8-15(3)12-17(18)22/h4-9,11-12H,1,10,13H2,2-3H3,(H,23,27). The molecule has 28 heavy (non-hydrogen) atoms. The van der Waals surface area contributed by atoms with Crippen LogP contribution in [-0.4, -0.2) is 26.4 Å². The van der Waals surface area contributed by atoms with E-state index in [-0.39, 0.29) is 11.7 Å². The van der Waals surface area contributed by atoms with E-state index in [1.807, 2.05) is 54.8 Å². The van der Waals surface area contributed by atoms with Gasteiger partial charge in [0.05, 0.1) is 11.4 Å². The number of aryl methyl sites for hydroxylation is 2. The Morgan fingerprint density at radius 2 is 2.00 bits per heavy atom. The van der Waals surface area contributed by atoms with E-state index in [4.69, 9.17) is 0 Å². The fourth-order valence-corrected chi connectivity index (χ4v) is 4.06. The third kappa shape index (κ3) is 4.91. The number of carbonyl (C=O) groups excluding carboxylic acids is 1. The second-order valence-electron chi connectivity index (χ2n) is 6.40. The molecule has 1 N–H and O–H groups in total. The lowest BCUT2D eigenvalue weighted by Crippen LogP contribution is -2.15. The SMILES string of the molecule is C=CCn1c(SCC(=O)Nc2ccc(C)cc2Br)nnc1-c1cccc(C)c1. The van der Waals surface area contributed by atoms with Gasteiger partial charge in [0.1, 0.15) is 0 Å². The summed E-state index contributed by atoms with van der Waals surface area (Å²) in [5.41, 5.74) is 4.03. The summed E-state index contributed by atoms with van der Waals surface area (Å²) in [4.78, 5) is 12.4. The number of rotatable bonds is 7. The van der Waals surface area contributed by atoms with Gasteiger partial charge < -0.3 is 5.32 Å². The molecule has 0 fully saturated rings. The zero-order chi connectivity index (χ0) is 20.1. The fourth-order valence-electron chi connectivity index (χ4n) is 2.72. The van der Waals surface area contributed by atoms with Gasteiger partial charge in [0, 0.05) is 16.6 Å². The topological polar surface area (TPSA) is 59.8 Å². The van der Waals surface area contributed by atoms with Gasteiger partial charge in [-0.3, -0.25) is 9.36 Å². The van der Waals surface area contributed by atoms with Crippen LogP contribution in [-0.2, 0) is 11.3 Å². The van der Waals surface area contributed by atoms with Crippen LogP contribution in [0.4, 0.5) is 5.69 Å². The number of anilines is 1. The first-order valence-electron chi connectivity index (χ1n) is 8.78. The van der Waals surface area contributed by atoms with E-state index >= 15 is 0 Å². The zero-order valence-corrected chi connectivity index (χ0v) is 18.2. The Kier molecular flexibility index (Phi) is 6.70. The molecule has 3 aromatic rings. The molecule has 0 unspecified atom stereocenters. The zero-order valence-electron chi connectivity index (χ0n) is 15.8. The molecular formula is C21H21BrN4OS. The maximum atomic E-state index is 12.4. The van der Waals surface area contributed by atoms with Gasteiger partial charge in [-0.2, -0.15) is 0 Å². The molecule has 5 nitrogen and oxygen atoms in total. The third-order valence-corrected chi connectivity index (χ3v) is 5.66. The quantitative estimate of drug-likeness (QED) is 0.389. The fraction of sp³-hybridized carbons (Fsp3) is 0.190. The summed E-state index contributed by atoms with van der Waals surface area (Å²) in [7, 11) is 0. The largest absolute Gasteiger partial charge is 0.324 e. The summed E-state index contributed by atoms with van der Waals surface area (Å²) in [6, 6.07) is 13.9. The predicted molar refractivity (Wildman–Crippen MR) is 119 cm³/mol. The van der Waals surface area contributed by atoms with Crippen molar-refractivity contribution in [3.8, 4) is 11.4 Å². The average molecular weight is 457 g/mol. The molecule has 0 saturated carbocycles. The van der Waals surface area contributed by atoms with Gasteiger partial charge in [0.2, 0.25) is 5.91 Å². The van der Waals surface area contributed by atoms with Crippen LogP contribution in [0.2, 0.25) is 0 Å². The first-order valence-corrected chi connectivity index (χ1v) is 10.6. The van der Waals surface area contributed by atoms with Gasteiger partial charge in [-0.05, 0) is 53.5 Å². The predicted octanol–water partition coefficient (Wildman–Crippen LogP) is 5.24. The van der Waals surface area contributed by atoms with Crippen LogP contribution in [0, 0.1) is 13.8 Å². The lowest BCUT2D eigenvalue weighted by atomic mass is 10.1. The van der Waals surface area contributed by atoms with E-state index in [9.17, 15) is 4.79 Å². The first kappa shape index (κ1) is 20.4. The van der Waals surface area contributed by atoms with E-state index in [1.165, 1.54) is 11.8 Å². The smallest absolute Gasteiger partial charge is 0.234 e. The lowest BCUT2D eigenvalue weighted by molar-refractivity contribution is -0.113. The molecule has 0 aliphatic carbocycles. The molecule has 1 amide bonds. The minimum Gasteiger partial charge on any atom is -0.324 e. The van der Waals surface area contributed by atoms with Crippen molar-refractivity contribution in [3.63, 3.8) is 0 Å². The van der Waals surface area contributed by atoms with Gasteiger partial charge in [-0.15, -0.1) is 16.8 Å². The number of nitrogens with zero attached hydrogens (tertiary/aromatic N) is 3. The number of allylic oxidation sites excluding steroid dienone is 1. The maximum absolute atomic E-state index is 12.4. The summed E-state index contributed by atoms with van der Waals surface area (Å²) in [5, 5.41) is 12.2. The van der Waals surface area contributed by atoms with Crippen molar-refractivity contribution in [1.82, 2.24) is 14.8 Å². The van der Waals surface area contributed by atoms with Crippen molar-refractivity contribution in [1.29, 1.82) is 0 Å². The van der Waals surface area contributed by atoms with Crippen molar-refractivity contribution in [2.75, 3.05) is 11.1 Å². The number of nitrogens with one attached hydrogen (secondary N) is 1. The number of amides is 1. The van der Waals surface area contributed by atoms with E-state index in [0.717, 1.165) is 32.7 Å². The van der Waals surface area contributed by atoms with Crippen LogP contribution in [0.5, 0.6) is 0 Å². The number of thioether (sulfide) groups is 1. The van der Waals surface area contributed by atoms with Crippen LogP contribution < -0.4 is 5.32 Å².